The average molecular weight is 316 g/mol. The number of carbonyl (C=O) groups is 1. The first-order chi connectivity index (χ1) is 11.1. The number of nitrogens with zero attached hydrogens (tertiary/aromatic N) is 3. The van der Waals surface area contributed by atoms with Crippen LogP contribution < -0.4 is 5.32 Å². The van der Waals surface area contributed by atoms with E-state index < -0.39 is 0 Å². The lowest BCUT2D eigenvalue weighted by atomic mass is 9.79. The predicted octanol–water partition coefficient (Wildman–Crippen LogP) is 2.19. The average Bonchev–Trinajstić information content (AvgIpc) is 3.09. The van der Waals surface area contributed by atoms with Crippen LogP contribution in [0.1, 0.15) is 43.6 Å². The first-order valence-electron chi connectivity index (χ1n) is 8.01. The minimum absolute atomic E-state index is 0.0696. The normalized spacial score (nSPS) is 11.4. The highest BCUT2D eigenvalue weighted by molar-refractivity contribution is 5.91. The Hall–Kier alpha value is -2.21. The third-order valence-electron chi connectivity index (χ3n) is 4.48. The van der Waals surface area contributed by atoms with E-state index in [2.05, 4.69) is 29.4 Å². The van der Waals surface area contributed by atoms with E-state index in [0.29, 0.717) is 18.7 Å². The van der Waals surface area contributed by atoms with Crippen LogP contribution in [-0.2, 0) is 0 Å². The number of aliphatic hydroxyl groups excluding tert-OH is 1. The molecule has 0 bridgehead atoms. The molecule has 0 aliphatic carbocycles. The highest BCUT2D eigenvalue weighted by Crippen LogP contribution is 2.29. The second kappa shape index (κ2) is 7.87. The third-order valence-corrected chi connectivity index (χ3v) is 4.48. The molecule has 0 aliphatic rings. The number of rotatable bonds is 8. The van der Waals surface area contributed by atoms with Crippen molar-refractivity contribution in [2.45, 2.75) is 33.1 Å². The number of aromatic nitrogens is 3. The molecule has 2 aromatic rings. The van der Waals surface area contributed by atoms with Gasteiger partial charge in [0.2, 0.25) is 0 Å². The van der Waals surface area contributed by atoms with Crippen molar-refractivity contribution in [3.8, 4) is 5.69 Å². The van der Waals surface area contributed by atoms with Crippen molar-refractivity contribution in [1.82, 2.24) is 20.3 Å². The van der Waals surface area contributed by atoms with Gasteiger partial charge in [-0.05, 0) is 36.8 Å². The van der Waals surface area contributed by atoms with Crippen LogP contribution in [0.25, 0.3) is 5.69 Å². The molecule has 0 fully saturated rings. The minimum atomic E-state index is -0.239. The van der Waals surface area contributed by atoms with E-state index in [9.17, 15) is 9.90 Å². The number of hydrogen-bond acceptors (Lipinski definition) is 4. The number of benzene rings is 1. The first kappa shape index (κ1) is 17.1. The summed E-state index contributed by atoms with van der Waals surface area (Å²) in [4.78, 5) is 13.7. The van der Waals surface area contributed by atoms with Gasteiger partial charge in [-0.2, -0.15) is 9.90 Å². The van der Waals surface area contributed by atoms with E-state index in [4.69, 9.17) is 0 Å². The molecule has 1 aromatic heterocycles. The fourth-order valence-corrected chi connectivity index (χ4v) is 2.59. The Labute approximate surface area is 136 Å². The summed E-state index contributed by atoms with van der Waals surface area (Å²) in [5.74, 6) is -0.239. The van der Waals surface area contributed by atoms with E-state index in [-0.39, 0.29) is 17.9 Å². The fraction of sp³-hybridized carbons (Fsp3) is 0.471. The molecule has 0 saturated carbocycles. The van der Waals surface area contributed by atoms with Crippen LogP contribution in [0.3, 0.4) is 0 Å². The van der Waals surface area contributed by atoms with Gasteiger partial charge in [-0.3, -0.25) is 4.79 Å². The number of nitrogens with one attached hydrogen (secondary N) is 1. The molecule has 1 heterocycles. The zero-order valence-electron chi connectivity index (χ0n) is 13.7. The van der Waals surface area contributed by atoms with Crippen LogP contribution in [0, 0.1) is 5.41 Å². The van der Waals surface area contributed by atoms with Gasteiger partial charge < -0.3 is 10.4 Å². The zero-order chi connectivity index (χ0) is 16.7. The number of aliphatic hydroxyl groups is 1. The van der Waals surface area contributed by atoms with Crippen molar-refractivity contribution in [2.24, 2.45) is 5.41 Å². The van der Waals surface area contributed by atoms with Gasteiger partial charge in [0.1, 0.15) is 0 Å². The fourth-order valence-electron chi connectivity index (χ4n) is 2.59. The van der Waals surface area contributed by atoms with Gasteiger partial charge in [-0.15, -0.1) is 5.10 Å². The smallest absolute Gasteiger partial charge is 0.273 e. The summed E-state index contributed by atoms with van der Waals surface area (Å²) in [6.45, 7) is 4.81. The lowest BCUT2D eigenvalue weighted by molar-refractivity contribution is 0.0902. The lowest BCUT2D eigenvalue weighted by Crippen LogP contribution is -2.37. The Morgan fingerprint density at radius 2 is 1.96 bits per heavy atom. The summed E-state index contributed by atoms with van der Waals surface area (Å²) in [6, 6.07) is 9.45. The molecular weight excluding hydrogens is 292 g/mol. The lowest BCUT2D eigenvalue weighted by Gasteiger charge is -2.31. The Morgan fingerprint density at radius 1 is 1.26 bits per heavy atom. The van der Waals surface area contributed by atoms with E-state index >= 15 is 0 Å². The van der Waals surface area contributed by atoms with Crippen LogP contribution in [0.15, 0.2) is 36.5 Å². The highest BCUT2D eigenvalue weighted by Gasteiger charge is 2.26. The van der Waals surface area contributed by atoms with E-state index in [0.717, 1.165) is 18.5 Å². The van der Waals surface area contributed by atoms with Crippen molar-refractivity contribution in [3.05, 3.63) is 42.2 Å². The molecule has 6 nitrogen and oxygen atoms in total. The first-order valence-corrected chi connectivity index (χ1v) is 8.01. The van der Waals surface area contributed by atoms with Crippen molar-refractivity contribution >= 4 is 5.91 Å². The largest absolute Gasteiger partial charge is 0.396 e. The van der Waals surface area contributed by atoms with Gasteiger partial charge >= 0.3 is 0 Å². The number of hydrogen-bond donors (Lipinski definition) is 2. The third kappa shape index (κ3) is 4.16. The second-order valence-corrected chi connectivity index (χ2v) is 5.72. The van der Waals surface area contributed by atoms with Crippen molar-refractivity contribution in [2.75, 3.05) is 13.2 Å². The van der Waals surface area contributed by atoms with Gasteiger partial charge in [-0.1, -0.05) is 32.0 Å². The highest BCUT2D eigenvalue weighted by atomic mass is 16.3. The number of amides is 1. The Balaban J connectivity index is 2.03. The standard InChI is InChI=1S/C17H24N4O2/c1-3-17(4-2,10-11-22)13-18-16(23)15-12-19-21(20-15)14-8-6-5-7-9-14/h5-9,12,22H,3-4,10-11,13H2,1-2H3,(H,18,23). The monoisotopic (exact) mass is 316 g/mol. The number of para-hydroxylation sites is 1. The van der Waals surface area contributed by atoms with Gasteiger partial charge in [0.15, 0.2) is 5.69 Å². The molecular formula is C17H24N4O2. The van der Waals surface area contributed by atoms with E-state index in [1.54, 1.807) is 0 Å². The molecule has 124 valence electrons. The van der Waals surface area contributed by atoms with Crippen LogP contribution >= 0.6 is 0 Å². The summed E-state index contributed by atoms with van der Waals surface area (Å²) in [5, 5.41) is 20.5. The van der Waals surface area contributed by atoms with Gasteiger partial charge in [-0.25, -0.2) is 0 Å². The van der Waals surface area contributed by atoms with E-state index in [1.807, 2.05) is 30.3 Å². The zero-order valence-corrected chi connectivity index (χ0v) is 13.7. The topological polar surface area (TPSA) is 80.0 Å². The molecule has 0 atom stereocenters. The quantitative estimate of drug-likeness (QED) is 0.782. The minimum Gasteiger partial charge on any atom is -0.396 e. The molecule has 6 heteroatoms. The van der Waals surface area contributed by atoms with Crippen LogP contribution in [-0.4, -0.2) is 39.2 Å². The molecule has 0 radical (unpaired) electrons. The van der Waals surface area contributed by atoms with Gasteiger partial charge in [0.05, 0.1) is 11.9 Å². The van der Waals surface area contributed by atoms with Crippen molar-refractivity contribution in [3.63, 3.8) is 0 Å². The summed E-state index contributed by atoms with van der Waals surface area (Å²) >= 11 is 0. The Bertz CT molecular complexity index is 621. The number of carbonyl (C=O) groups excluding carboxylic acids is 1. The van der Waals surface area contributed by atoms with Crippen LogP contribution in [0.2, 0.25) is 0 Å². The van der Waals surface area contributed by atoms with Crippen molar-refractivity contribution < 1.29 is 9.90 Å². The van der Waals surface area contributed by atoms with Crippen molar-refractivity contribution in [1.29, 1.82) is 0 Å². The maximum atomic E-state index is 12.3. The van der Waals surface area contributed by atoms with Gasteiger partial charge in [0.25, 0.3) is 5.91 Å². The van der Waals surface area contributed by atoms with Crippen LogP contribution in [0.4, 0.5) is 0 Å². The Morgan fingerprint density at radius 3 is 2.57 bits per heavy atom. The summed E-state index contributed by atoms with van der Waals surface area (Å²) < 4.78 is 0. The summed E-state index contributed by atoms with van der Waals surface area (Å²) in [7, 11) is 0. The van der Waals surface area contributed by atoms with Crippen LogP contribution in [0.5, 0.6) is 0 Å². The molecule has 2 rings (SSSR count). The molecule has 23 heavy (non-hydrogen) atoms. The predicted molar refractivity (Wildman–Crippen MR) is 88.4 cm³/mol. The molecule has 0 unspecified atom stereocenters. The van der Waals surface area contributed by atoms with E-state index in [1.165, 1.54) is 11.0 Å². The maximum Gasteiger partial charge on any atom is 0.273 e. The molecule has 2 N–H and O–H groups in total. The molecule has 1 amide bonds. The molecule has 0 spiro atoms. The Kier molecular flexibility index (Phi) is 5.87. The van der Waals surface area contributed by atoms with Gasteiger partial charge in [0, 0.05) is 13.2 Å². The molecule has 0 aliphatic heterocycles. The summed E-state index contributed by atoms with van der Waals surface area (Å²) in [6.07, 6.45) is 3.95. The summed E-state index contributed by atoms with van der Waals surface area (Å²) in [5.41, 5.74) is 1.03. The molecule has 0 saturated heterocycles. The maximum absolute atomic E-state index is 12.3. The second-order valence-electron chi connectivity index (χ2n) is 5.72. The SMILES string of the molecule is CCC(CC)(CCO)CNC(=O)c1cnn(-c2ccccc2)n1. The molecule has 1 aromatic carbocycles.